The van der Waals surface area contributed by atoms with Crippen molar-refractivity contribution in [1.82, 2.24) is 10.3 Å². The van der Waals surface area contributed by atoms with Gasteiger partial charge < -0.3 is 10.2 Å². The summed E-state index contributed by atoms with van der Waals surface area (Å²) in [6.07, 6.45) is 2.60. The molecule has 0 unspecified atom stereocenters. The molecular weight excluding hydrogens is 414 g/mol. The Bertz CT molecular complexity index is 1150. The number of thiazole rings is 1. The van der Waals surface area contributed by atoms with Crippen molar-refractivity contribution in [2.75, 3.05) is 24.5 Å². The zero-order valence-corrected chi connectivity index (χ0v) is 18.9. The van der Waals surface area contributed by atoms with Crippen molar-refractivity contribution in [3.8, 4) is 11.1 Å². The minimum atomic E-state index is 0.103. The van der Waals surface area contributed by atoms with Crippen LogP contribution in [0.4, 0.5) is 5.13 Å². The number of carbonyl (C=O) groups excluding carboxylic acids is 1. The van der Waals surface area contributed by atoms with Crippen LogP contribution in [0.1, 0.15) is 18.4 Å². The molecule has 1 aliphatic rings. The first-order chi connectivity index (χ1) is 15.7. The van der Waals surface area contributed by atoms with E-state index in [9.17, 15) is 4.79 Å². The molecule has 1 fully saturated rings. The monoisotopic (exact) mass is 441 g/mol. The Morgan fingerprint density at radius 3 is 2.34 bits per heavy atom. The molecule has 162 valence electrons. The number of aromatic nitrogens is 1. The van der Waals surface area contributed by atoms with Crippen molar-refractivity contribution in [1.29, 1.82) is 0 Å². The number of piperidine rings is 1. The van der Waals surface area contributed by atoms with E-state index in [4.69, 9.17) is 4.98 Å². The van der Waals surface area contributed by atoms with Gasteiger partial charge in [0.1, 0.15) is 0 Å². The first kappa shape index (κ1) is 20.7. The maximum atomic E-state index is 12.5. The van der Waals surface area contributed by atoms with E-state index in [0.717, 1.165) is 48.7 Å². The number of fused-ring (bicyclic) bond motifs is 1. The number of para-hydroxylation sites is 1. The van der Waals surface area contributed by atoms with Gasteiger partial charge >= 0.3 is 0 Å². The van der Waals surface area contributed by atoms with Gasteiger partial charge in [0, 0.05) is 19.6 Å². The number of nitrogens with zero attached hydrogens (tertiary/aromatic N) is 2. The first-order valence-electron chi connectivity index (χ1n) is 11.3. The lowest BCUT2D eigenvalue weighted by molar-refractivity contribution is -0.120. The lowest BCUT2D eigenvalue weighted by Gasteiger charge is -2.31. The Balaban J connectivity index is 1.08. The van der Waals surface area contributed by atoms with Crippen LogP contribution in [0.15, 0.2) is 78.9 Å². The molecule has 32 heavy (non-hydrogen) atoms. The van der Waals surface area contributed by atoms with Gasteiger partial charge in [0.05, 0.1) is 16.6 Å². The molecule has 1 saturated heterocycles. The van der Waals surface area contributed by atoms with Crippen LogP contribution in [0.2, 0.25) is 0 Å². The van der Waals surface area contributed by atoms with E-state index in [2.05, 4.69) is 64.8 Å². The van der Waals surface area contributed by atoms with Crippen LogP contribution >= 0.6 is 11.3 Å². The van der Waals surface area contributed by atoms with Gasteiger partial charge in [0.2, 0.25) is 5.91 Å². The average molecular weight is 442 g/mol. The maximum Gasteiger partial charge on any atom is 0.224 e. The Hall–Kier alpha value is -3.18. The Morgan fingerprint density at radius 2 is 1.59 bits per heavy atom. The summed E-state index contributed by atoms with van der Waals surface area (Å²) in [5, 5.41) is 4.27. The van der Waals surface area contributed by atoms with Gasteiger partial charge in [-0.3, -0.25) is 4.79 Å². The molecule has 4 nitrogen and oxygen atoms in total. The summed E-state index contributed by atoms with van der Waals surface area (Å²) in [6, 6.07) is 26.9. The molecule has 1 aliphatic heterocycles. The SMILES string of the molecule is O=C(Cc1ccc(-c2ccccc2)cc1)NCC1CCN(c2nc3ccccc3s2)CC1. The van der Waals surface area contributed by atoms with Crippen LogP contribution in [-0.2, 0) is 11.2 Å². The molecule has 5 rings (SSSR count). The molecule has 0 atom stereocenters. The number of carbonyl (C=O) groups is 1. The second kappa shape index (κ2) is 9.53. The Labute approximate surface area is 192 Å². The number of rotatable bonds is 6. The van der Waals surface area contributed by atoms with Crippen molar-refractivity contribution in [2.45, 2.75) is 19.3 Å². The third-order valence-electron chi connectivity index (χ3n) is 6.18. The van der Waals surface area contributed by atoms with Crippen LogP contribution in [0.3, 0.4) is 0 Å². The highest BCUT2D eigenvalue weighted by Crippen LogP contribution is 2.31. The molecule has 0 radical (unpaired) electrons. The van der Waals surface area contributed by atoms with Crippen molar-refractivity contribution >= 4 is 32.6 Å². The number of hydrogen-bond donors (Lipinski definition) is 1. The van der Waals surface area contributed by atoms with E-state index >= 15 is 0 Å². The van der Waals surface area contributed by atoms with Crippen molar-refractivity contribution in [2.24, 2.45) is 5.92 Å². The van der Waals surface area contributed by atoms with Crippen LogP contribution in [0, 0.1) is 5.92 Å². The predicted molar refractivity (Wildman–Crippen MR) is 133 cm³/mol. The minimum absolute atomic E-state index is 0.103. The van der Waals surface area contributed by atoms with E-state index in [1.165, 1.54) is 15.8 Å². The molecule has 0 spiro atoms. The van der Waals surface area contributed by atoms with Crippen LogP contribution < -0.4 is 10.2 Å². The van der Waals surface area contributed by atoms with E-state index in [-0.39, 0.29) is 5.91 Å². The molecule has 3 aromatic carbocycles. The van der Waals surface area contributed by atoms with Gasteiger partial charge in [-0.05, 0) is 47.6 Å². The smallest absolute Gasteiger partial charge is 0.224 e. The third kappa shape index (κ3) is 4.83. The number of hydrogen-bond acceptors (Lipinski definition) is 4. The van der Waals surface area contributed by atoms with Crippen LogP contribution in [-0.4, -0.2) is 30.5 Å². The molecule has 5 heteroatoms. The molecule has 0 bridgehead atoms. The van der Waals surface area contributed by atoms with Gasteiger partial charge in [-0.2, -0.15) is 0 Å². The molecule has 0 saturated carbocycles. The van der Waals surface area contributed by atoms with Gasteiger partial charge in [-0.1, -0.05) is 78.1 Å². The second-order valence-corrected chi connectivity index (χ2v) is 9.45. The molecule has 1 aromatic heterocycles. The third-order valence-corrected chi connectivity index (χ3v) is 7.28. The molecule has 1 N–H and O–H groups in total. The number of anilines is 1. The summed E-state index contributed by atoms with van der Waals surface area (Å²) >= 11 is 1.77. The van der Waals surface area contributed by atoms with E-state index in [1.807, 2.05) is 24.3 Å². The number of amides is 1. The molecule has 2 heterocycles. The second-order valence-electron chi connectivity index (χ2n) is 8.44. The van der Waals surface area contributed by atoms with Crippen LogP contribution in [0.5, 0.6) is 0 Å². The fourth-order valence-electron chi connectivity index (χ4n) is 4.28. The van der Waals surface area contributed by atoms with Gasteiger partial charge in [0.25, 0.3) is 0 Å². The Kier molecular flexibility index (Phi) is 6.17. The summed E-state index contributed by atoms with van der Waals surface area (Å²) in [7, 11) is 0. The normalized spacial score (nSPS) is 14.6. The molecule has 4 aromatic rings. The quantitative estimate of drug-likeness (QED) is 0.427. The summed E-state index contributed by atoms with van der Waals surface area (Å²) in [5.41, 5.74) is 4.50. The van der Waals surface area contributed by atoms with Gasteiger partial charge in [-0.15, -0.1) is 0 Å². The van der Waals surface area contributed by atoms with Crippen LogP contribution in [0.25, 0.3) is 21.3 Å². The van der Waals surface area contributed by atoms with Crippen molar-refractivity contribution in [3.63, 3.8) is 0 Å². The van der Waals surface area contributed by atoms with Crippen molar-refractivity contribution in [3.05, 3.63) is 84.4 Å². The zero-order chi connectivity index (χ0) is 21.8. The minimum Gasteiger partial charge on any atom is -0.356 e. The fourth-order valence-corrected chi connectivity index (χ4v) is 5.29. The summed E-state index contributed by atoms with van der Waals surface area (Å²) in [4.78, 5) is 19.6. The molecule has 1 amide bonds. The van der Waals surface area contributed by atoms with E-state index in [1.54, 1.807) is 11.3 Å². The molecule has 0 aliphatic carbocycles. The maximum absolute atomic E-state index is 12.5. The summed E-state index contributed by atoms with van der Waals surface area (Å²) < 4.78 is 1.24. The number of nitrogens with one attached hydrogen (secondary N) is 1. The van der Waals surface area contributed by atoms with Gasteiger partial charge in [-0.25, -0.2) is 4.98 Å². The Morgan fingerprint density at radius 1 is 0.906 bits per heavy atom. The summed E-state index contributed by atoms with van der Waals surface area (Å²) in [6.45, 7) is 2.76. The predicted octanol–water partition coefficient (Wildman–Crippen LogP) is 5.54. The standard InChI is InChI=1S/C27H27N3OS/c31-26(18-20-10-12-23(13-11-20)22-6-2-1-3-7-22)28-19-21-14-16-30(17-15-21)27-29-24-8-4-5-9-25(24)32-27/h1-13,21H,14-19H2,(H,28,31). The van der Waals surface area contributed by atoms with E-state index in [0.29, 0.717) is 12.3 Å². The summed E-state index contributed by atoms with van der Waals surface area (Å²) in [5.74, 6) is 0.635. The highest BCUT2D eigenvalue weighted by molar-refractivity contribution is 7.22. The highest BCUT2D eigenvalue weighted by Gasteiger charge is 2.22. The van der Waals surface area contributed by atoms with Crippen molar-refractivity contribution < 1.29 is 4.79 Å². The highest BCUT2D eigenvalue weighted by atomic mass is 32.1. The zero-order valence-electron chi connectivity index (χ0n) is 18.0. The lowest BCUT2D eigenvalue weighted by Crippen LogP contribution is -2.39. The largest absolute Gasteiger partial charge is 0.356 e. The molecular formula is C27H27N3OS. The van der Waals surface area contributed by atoms with Gasteiger partial charge in [0.15, 0.2) is 5.13 Å². The first-order valence-corrected chi connectivity index (χ1v) is 12.1. The topological polar surface area (TPSA) is 45.2 Å². The lowest BCUT2D eigenvalue weighted by atomic mass is 9.97. The average Bonchev–Trinajstić information content (AvgIpc) is 3.28. The number of benzene rings is 3. The fraction of sp³-hybridized carbons (Fsp3) is 0.259. The van der Waals surface area contributed by atoms with E-state index < -0.39 is 0 Å².